The Bertz CT molecular complexity index is 785. The lowest BCUT2D eigenvalue weighted by Gasteiger charge is -2.22. The number of aliphatic imine (C=N–C) groups is 1. The minimum atomic E-state index is 0.271. The van der Waals surface area contributed by atoms with Crippen molar-refractivity contribution in [3.05, 3.63) is 64.7 Å². The zero-order valence-corrected chi connectivity index (χ0v) is 16.7. The maximum absolute atomic E-state index is 5.24. The summed E-state index contributed by atoms with van der Waals surface area (Å²) in [5, 5.41) is 3.21. The molecule has 0 aromatic heterocycles. The van der Waals surface area contributed by atoms with E-state index in [9.17, 15) is 0 Å². The number of rotatable bonds is 5. The van der Waals surface area contributed by atoms with Crippen molar-refractivity contribution in [1.29, 1.82) is 0 Å². The molecule has 5 nitrogen and oxygen atoms in total. The van der Waals surface area contributed by atoms with Gasteiger partial charge in [-0.05, 0) is 55.0 Å². The molecule has 0 bridgehead atoms. The van der Waals surface area contributed by atoms with E-state index in [1.54, 1.807) is 0 Å². The Morgan fingerprint density at radius 2 is 1.85 bits per heavy atom. The summed E-state index contributed by atoms with van der Waals surface area (Å²) in [6.07, 6.45) is 1.09. The molecule has 1 aliphatic rings. The van der Waals surface area contributed by atoms with Crippen molar-refractivity contribution in [2.24, 2.45) is 10.9 Å². The van der Waals surface area contributed by atoms with E-state index in [2.05, 4.69) is 75.5 Å². The van der Waals surface area contributed by atoms with Crippen molar-refractivity contribution in [3.8, 4) is 0 Å². The summed E-state index contributed by atoms with van der Waals surface area (Å²) in [6.45, 7) is 10.0. The molecule has 1 aliphatic heterocycles. The Hall–Kier alpha value is -2.37. The summed E-state index contributed by atoms with van der Waals surface area (Å²) in [5.74, 6) is 1.40. The Morgan fingerprint density at radius 1 is 1.07 bits per heavy atom. The fraction of sp³-hybridized carbons (Fsp3) is 0.409. The SMILES string of the molecule is Cc1ccc(CN2COOCN/C2=N\c2ccc(CC(C)C)c(C)c2)cc1. The molecule has 2 aromatic carbocycles. The summed E-state index contributed by atoms with van der Waals surface area (Å²) in [4.78, 5) is 17.2. The van der Waals surface area contributed by atoms with Gasteiger partial charge < -0.3 is 10.2 Å². The van der Waals surface area contributed by atoms with Crippen molar-refractivity contribution in [2.75, 3.05) is 13.5 Å². The number of benzene rings is 2. The summed E-state index contributed by atoms with van der Waals surface area (Å²) in [6, 6.07) is 14.9. The topological polar surface area (TPSA) is 46.1 Å². The highest BCUT2D eigenvalue weighted by atomic mass is 17.2. The first-order valence-electron chi connectivity index (χ1n) is 9.48. The van der Waals surface area contributed by atoms with Crippen LogP contribution in [0.4, 0.5) is 5.69 Å². The Balaban J connectivity index is 1.81. The molecule has 0 saturated carbocycles. The summed E-state index contributed by atoms with van der Waals surface area (Å²) in [5.41, 5.74) is 6.03. The van der Waals surface area contributed by atoms with Crippen LogP contribution in [0.2, 0.25) is 0 Å². The molecular weight excluding hydrogens is 338 g/mol. The first-order chi connectivity index (χ1) is 13.0. The molecule has 5 heteroatoms. The summed E-state index contributed by atoms with van der Waals surface area (Å²) < 4.78 is 0. The maximum atomic E-state index is 5.24. The van der Waals surface area contributed by atoms with Gasteiger partial charge in [0.25, 0.3) is 0 Å². The van der Waals surface area contributed by atoms with Gasteiger partial charge >= 0.3 is 0 Å². The fourth-order valence-electron chi connectivity index (χ4n) is 3.09. The molecule has 1 N–H and O–H groups in total. The van der Waals surface area contributed by atoms with Crippen LogP contribution in [0.25, 0.3) is 0 Å². The zero-order chi connectivity index (χ0) is 19.2. The van der Waals surface area contributed by atoms with E-state index >= 15 is 0 Å². The Morgan fingerprint density at radius 3 is 2.56 bits per heavy atom. The molecule has 0 atom stereocenters. The molecule has 2 aromatic rings. The van der Waals surface area contributed by atoms with Crippen molar-refractivity contribution in [3.63, 3.8) is 0 Å². The van der Waals surface area contributed by atoms with Gasteiger partial charge in [0.1, 0.15) is 0 Å². The number of hydrogen-bond acceptors (Lipinski definition) is 3. The minimum Gasteiger partial charge on any atom is -0.330 e. The Labute approximate surface area is 161 Å². The number of nitrogens with one attached hydrogen (secondary N) is 1. The van der Waals surface area contributed by atoms with E-state index < -0.39 is 0 Å². The Kier molecular flexibility index (Phi) is 6.48. The molecule has 0 radical (unpaired) electrons. The quantitative estimate of drug-likeness (QED) is 0.793. The van der Waals surface area contributed by atoms with E-state index in [0.717, 1.165) is 18.1 Å². The molecule has 0 spiro atoms. The van der Waals surface area contributed by atoms with E-state index in [4.69, 9.17) is 14.8 Å². The van der Waals surface area contributed by atoms with Crippen molar-refractivity contribution >= 4 is 11.6 Å². The number of hydrogen-bond donors (Lipinski definition) is 1. The summed E-state index contributed by atoms with van der Waals surface area (Å²) >= 11 is 0. The number of nitrogens with zero attached hydrogens (tertiary/aromatic N) is 2. The normalized spacial score (nSPS) is 16.5. The maximum Gasteiger partial charge on any atom is 0.203 e. The van der Waals surface area contributed by atoms with Gasteiger partial charge in [0.15, 0.2) is 13.5 Å². The predicted molar refractivity (Wildman–Crippen MR) is 109 cm³/mol. The van der Waals surface area contributed by atoms with Gasteiger partial charge in [-0.2, -0.15) is 0 Å². The fourth-order valence-corrected chi connectivity index (χ4v) is 3.09. The molecule has 144 valence electrons. The molecule has 0 aliphatic carbocycles. The van der Waals surface area contributed by atoms with Crippen LogP contribution in [0.15, 0.2) is 47.5 Å². The van der Waals surface area contributed by atoms with Gasteiger partial charge in [-0.25, -0.2) is 14.8 Å². The molecule has 27 heavy (non-hydrogen) atoms. The lowest BCUT2D eigenvalue weighted by Crippen LogP contribution is -2.39. The first-order valence-corrected chi connectivity index (χ1v) is 9.48. The van der Waals surface area contributed by atoms with Gasteiger partial charge in [0.2, 0.25) is 5.96 Å². The molecule has 1 heterocycles. The van der Waals surface area contributed by atoms with Gasteiger partial charge in [0.05, 0.1) is 5.69 Å². The van der Waals surface area contributed by atoms with Crippen LogP contribution in [0.5, 0.6) is 0 Å². The van der Waals surface area contributed by atoms with E-state index in [1.807, 2.05) is 4.90 Å². The van der Waals surface area contributed by atoms with Crippen LogP contribution >= 0.6 is 0 Å². The standard InChI is InChI=1S/C22H29N3O2/c1-16(2)11-20-9-10-21(12-18(20)4)24-22-23-14-26-27-15-25(22)13-19-7-5-17(3)6-8-19/h5-10,12,16H,11,13-15H2,1-4H3,(H,23,24). The third-order valence-electron chi connectivity index (χ3n) is 4.56. The van der Waals surface area contributed by atoms with Gasteiger partial charge in [0, 0.05) is 6.54 Å². The van der Waals surface area contributed by atoms with Gasteiger partial charge in [-0.1, -0.05) is 49.7 Å². The van der Waals surface area contributed by atoms with E-state index in [1.165, 1.54) is 22.3 Å². The molecule has 1 saturated heterocycles. The highest BCUT2D eigenvalue weighted by molar-refractivity contribution is 5.82. The third-order valence-corrected chi connectivity index (χ3v) is 4.56. The average Bonchev–Trinajstić information content (AvgIpc) is 2.84. The molecule has 3 rings (SSSR count). The highest BCUT2D eigenvalue weighted by Gasteiger charge is 2.16. The monoisotopic (exact) mass is 367 g/mol. The smallest absolute Gasteiger partial charge is 0.203 e. The van der Waals surface area contributed by atoms with E-state index in [0.29, 0.717) is 19.2 Å². The number of aryl methyl sites for hydroxylation is 2. The van der Waals surface area contributed by atoms with Crippen LogP contribution in [0, 0.1) is 19.8 Å². The lowest BCUT2D eigenvalue weighted by molar-refractivity contribution is -0.305. The van der Waals surface area contributed by atoms with Crippen molar-refractivity contribution in [1.82, 2.24) is 10.2 Å². The van der Waals surface area contributed by atoms with Crippen LogP contribution in [0.1, 0.15) is 36.1 Å². The average molecular weight is 367 g/mol. The van der Waals surface area contributed by atoms with Crippen LogP contribution in [-0.4, -0.2) is 24.3 Å². The zero-order valence-electron chi connectivity index (χ0n) is 16.7. The second kappa shape index (κ2) is 9.02. The first kappa shape index (κ1) is 19.4. The third kappa shape index (κ3) is 5.55. The number of guanidine groups is 1. The second-order valence-electron chi connectivity index (χ2n) is 7.51. The minimum absolute atomic E-state index is 0.271. The van der Waals surface area contributed by atoms with Crippen molar-refractivity contribution < 1.29 is 9.78 Å². The second-order valence-corrected chi connectivity index (χ2v) is 7.51. The predicted octanol–water partition coefficient (Wildman–Crippen LogP) is 4.46. The van der Waals surface area contributed by atoms with Crippen LogP contribution in [-0.2, 0) is 22.7 Å². The van der Waals surface area contributed by atoms with Crippen LogP contribution < -0.4 is 5.32 Å². The molecule has 1 fully saturated rings. The van der Waals surface area contributed by atoms with E-state index in [-0.39, 0.29) is 6.73 Å². The highest BCUT2D eigenvalue weighted by Crippen LogP contribution is 2.21. The van der Waals surface area contributed by atoms with Crippen molar-refractivity contribution in [2.45, 2.75) is 40.7 Å². The summed E-state index contributed by atoms with van der Waals surface area (Å²) in [7, 11) is 0. The van der Waals surface area contributed by atoms with Crippen LogP contribution in [0.3, 0.4) is 0 Å². The van der Waals surface area contributed by atoms with Gasteiger partial charge in [-0.3, -0.25) is 0 Å². The largest absolute Gasteiger partial charge is 0.330 e. The molecule has 0 amide bonds. The van der Waals surface area contributed by atoms with Gasteiger partial charge in [-0.15, -0.1) is 0 Å². The lowest BCUT2D eigenvalue weighted by atomic mass is 9.98. The molecular formula is C22H29N3O2. The molecule has 0 unspecified atom stereocenters.